The van der Waals surface area contributed by atoms with Gasteiger partial charge in [0.1, 0.15) is 5.82 Å². The van der Waals surface area contributed by atoms with Crippen molar-refractivity contribution in [3.8, 4) is 11.3 Å². The first-order chi connectivity index (χ1) is 11.2. The molecule has 120 valence electrons. The van der Waals surface area contributed by atoms with E-state index in [1.54, 1.807) is 12.1 Å². The lowest BCUT2D eigenvalue weighted by Crippen LogP contribution is -2.33. The smallest absolute Gasteiger partial charge is 0.266 e. The molecule has 2 aliphatic rings. The molecular formula is C18H22N4O. The second-order valence-corrected chi connectivity index (χ2v) is 6.86. The van der Waals surface area contributed by atoms with Crippen LogP contribution in [-0.4, -0.2) is 20.3 Å². The van der Waals surface area contributed by atoms with Gasteiger partial charge in [-0.05, 0) is 63.1 Å². The second kappa shape index (κ2) is 5.48. The minimum Gasteiger partial charge on any atom is -0.365 e. The molecule has 0 amide bonds. The zero-order valence-electron chi connectivity index (χ0n) is 13.5. The van der Waals surface area contributed by atoms with E-state index in [0.717, 1.165) is 23.0 Å². The third-order valence-corrected chi connectivity index (χ3v) is 5.36. The predicted octanol–water partition coefficient (Wildman–Crippen LogP) is 3.07. The van der Waals surface area contributed by atoms with Gasteiger partial charge < -0.3 is 5.32 Å². The van der Waals surface area contributed by atoms with Crippen LogP contribution in [0.15, 0.2) is 35.3 Å². The summed E-state index contributed by atoms with van der Waals surface area (Å²) in [6, 6.07) is 7.38. The molecule has 2 aromatic rings. The lowest BCUT2D eigenvalue weighted by atomic mass is 9.94. The third-order valence-electron chi connectivity index (χ3n) is 5.36. The zero-order valence-corrected chi connectivity index (χ0v) is 13.5. The van der Waals surface area contributed by atoms with E-state index in [0.29, 0.717) is 6.54 Å². The van der Waals surface area contributed by atoms with Crippen molar-refractivity contribution in [2.75, 3.05) is 5.32 Å². The van der Waals surface area contributed by atoms with Gasteiger partial charge in [0.15, 0.2) is 0 Å². The molecule has 0 spiro atoms. The highest BCUT2D eigenvalue weighted by Crippen LogP contribution is 2.49. The number of nitrogens with one attached hydrogen (secondary N) is 1. The van der Waals surface area contributed by atoms with E-state index in [-0.39, 0.29) is 11.1 Å². The van der Waals surface area contributed by atoms with E-state index >= 15 is 0 Å². The van der Waals surface area contributed by atoms with Crippen LogP contribution in [0.3, 0.4) is 0 Å². The lowest BCUT2D eigenvalue weighted by Gasteiger charge is -2.28. The third kappa shape index (κ3) is 2.64. The Morgan fingerprint density at radius 2 is 2.09 bits per heavy atom. The highest BCUT2D eigenvalue weighted by atomic mass is 16.1. The van der Waals surface area contributed by atoms with Crippen molar-refractivity contribution in [3.63, 3.8) is 0 Å². The van der Waals surface area contributed by atoms with Crippen LogP contribution in [0.5, 0.6) is 0 Å². The fourth-order valence-corrected chi connectivity index (χ4v) is 4.09. The minimum atomic E-state index is -0.0707. The first kappa shape index (κ1) is 14.4. The average Bonchev–Trinajstić information content (AvgIpc) is 3.16. The van der Waals surface area contributed by atoms with Gasteiger partial charge in [-0.3, -0.25) is 4.79 Å². The summed E-state index contributed by atoms with van der Waals surface area (Å²) in [5.41, 5.74) is 1.93. The summed E-state index contributed by atoms with van der Waals surface area (Å²) < 4.78 is 1.47. The largest absolute Gasteiger partial charge is 0.365 e. The first-order valence-electron chi connectivity index (χ1n) is 8.50. The Morgan fingerprint density at radius 1 is 1.26 bits per heavy atom. The van der Waals surface area contributed by atoms with Gasteiger partial charge in [0.2, 0.25) is 0 Å². The van der Waals surface area contributed by atoms with E-state index in [4.69, 9.17) is 0 Å². The highest BCUT2D eigenvalue weighted by Gasteiger charge is 2.44. The van der Waals surface area contributed by atoms with Crippen molar-refractivity contribution in [2.45, 2.75) is 51.1 Å². The Balaban J connectivity index is 1.55. The van der Waals surface area contributed by atoms with E-state index in [2.05, 4.69) is 15.4 Å². The number of anilines is 1. The summed E-state index contributed by atoms with van der Waals surface area (Å²) in [5, 5.41) is 8.04. The maximum absolute atomic E-state index is 11.6. The summed E-state index contributed by atoms with van der Waals surface area (Å²) in [7, 11) is 0. The second-order valence-electron chi connectivity index (χ2n) is 6.86. The van der Waals surface area contributed by atoms with Crippen LogP contribution in [0.1, 0.15) is 39.0 Å². The van der Waals surface area contributed by atoms with Crippen LogP contribution in [-0.2, 0) is 6.54 Å². The molecule has 2 fully saturated rings. The van der Waals surface area contributed by atoms with Gasteiger partial charge in [0.25, 0.3) is 5.56 Å². The maximum atomic E-state index is 11.6. The quantitative estimate of drug-likeness (QED) is 0.943. The Morgan fingerprint density at radius 3 is 2.70 bits per heavy atom. The number of aromatic nitrogens is 3. The van der Waals surface area contributed by atoms with Gasteiger partial charge in [-0.25, -0.2) is 9.67 Å². The SMILES string of the molecule is CCn1nc(-c2ccc(NC34CCC(CC3)C4)nc2)ccc1=O. The number of fused-ring (bicyclic) bond motifs is 2. The molecule has 0 saturated heterocycles. The van der Waals surface area contributed by atoms with Crippen molar-refractivity contribution in [1.29, 1.82) is 0 Å². The number of pyridine rings is 1. The normalized spacial score (nSPS) is 25.7. The number of rotatable bonds is 4. The molecule has 2 aromatic heterocycles. The molecule has 2 heterocycles. The van der Waals surface area contributed by atoms with Crippen LogP contribution in [0.4, 0.5) is 5.82 Å². The Kier molecular flexibility index (Phi) is 3.43. The molecule has 4 rings (SSSR count). The van der Waals surface area contributed by atoms with Gasteiger partial charge in [-0.1, -0.05) is 0 Å². The number of hydrogen-bond acceptors (Lipinski definition) is 4. The molecule has 0 aromatic carbocycles. The zero-order chi connectivity index (χ0) is 15.9. The average molecular weight is 310 g/mol. The number of nitrogens with zero attached hydrogens (tertiary/aromatic N) is 3. The molecule has 2 bridgehead atoms. The molecule has 0 unspecified atom stereocenters. The van der Waals surface area contributed by atoms with Gasteiger partial charge in [0.05, 0.1) is 5.69 Å². The fraction of sp³-hybridized carbons (Fsp3) is 0.500. The molecule has 0 aliphatic heterocycles. The van der Waals surface area contributed by atoms with Crippen molar-refractivity contribution >= 4 is 5.82 Å². The van der Waals surface area contributed by atoms with Gasteiger partial charge >= 0.3 is 0 Å². The predicted molar refractivity (Wildman–Crippen MR) is 90.3 cm³/mol. The summed E-state index contributed by atoms with van der Waals surface area (Å²) in [6.45, 7) is 2.49. The molecule has 5 heteroatoms. The molecule has 5 nitrogen and oxygen atoms in total. The molecule has 23 heavy (non-hydrogen) atoms. The molecule has 0 atom stereocenters. The molecular weight excluding hydrogens is 288 g/mol. The Hall–Kier alpha value is -2.17. The van der Waals surface area contributed by atoms with E-state index in [1.807, 2.05) is 25.3 Å². The Bertz CT molecular complexity index is 757. The summed E-state index contributed by atoms with van der Waals surface area (Å²) in [6.07, 6.45) is 8.38. The van der Waals surface area contributed by atoms with Crippen molar-refractivity contribution < 1.29 is 0 Å². The topological polar surface area (TPSA) is 59.8 Å². The summed E-state index contributed by atoms with van der Waals surface area (Å²) in [5.74, 6) is 1.86. The number of hydrogen-bond donors (Lipinski definition) is 1. The summed E-state index contributed by atoms with van der Waals surface area (Å²) in [4.78, 5) is 16.2. The standard InChI is InChI=1S/C18H22N4O/c1-2-22-17(23)6-4-15(21-22)14-3-5-16(19-12-14)20-18-9-7-13(11-18)8-10-18/h3-6,12-13H,2,7-11H2,1H3,(H,19,20). The van der Waals surface area contributed by atoms with Crippen LogP contribution < -0.4 is 10.9 Å². The van der Waals surface area contributed by atoms with E-state index < -0.39 is 0 Å². The first-order valence-corrected chi connectivity index (χ1v) is 8.50. The van der Waals surface area contributed by atoms with Gasteiger partial charge in [-0.2, -0.15) is 5.10 Å². The molecule has 1 N–H and O–H groups in total. The molecule has 2 saturated carbocycles. The Labute approximate surface area is 135 Å². The van der Waals surface area contributed by atoms with Crippen LogP contribution in [0, 0.1) is 5.92 Å². The van der Waals surface area contributed by atoms with Crippen molar-refractivity contribution in [2.24, 2.45) is 5.92 Å². The monoisotopic (exact) mass is 310 g/mol. The summed E-state index contributed by atoms with van der Waals surface area (Å²) >= 11 is 0. The van der Waals surface area contributed by atoms with Crippen LogP contribution >= 0.6 is 0 Å². The lowest BCUT2D eigenvalue weighted by molar-refractivity contribution is 0.446. The molecule has 0 radical (unpaired) electrons. The van der Waals surface area contributed by atoms with Crippen molar-refractivity contribution in [3.05, 3.63) is 40.8 Å². The van der Waals surface area contributed by atoms with Gasteiger partial charge in [-0.15, -0.1) is 0 Å². The van der Waals surface area contributed by atoms with Gasteiger partial charge in [0, 0.05) is 29.9 Å². The minimum absolute atomic E-state index is 0.0707. The molecule has 2 aliphatic carbocycles. The number of aryl methyl sites for hydroxylation is 1. The highest BCUT2D eigenvalue weighted by molar-refractivity contribution is 5.59. The van der Waals surface area contributed by atoms with Crippen molar-refractivity contribution in [1.82, 2.24) is 14.8 Å². The van der Waals surface area contributed by atoms with E-state index in [9.17, 15) is 4.79 Å². The fourth-order valence-electron chi connectivity index (χ4n) is 4.09. The van der Waals surface area contributed by atoms with Crippen LogP contribution in [0.2, 0.25) is 0 Å². The van der Waals surface area contributed by atoms with Crippen LogP contribution in [0.25, 0.3) is 11.3 Å². The maximum Gasteiger partial charge on any atom is 0.266 e. The van der Waals surface area contributed by atoms with E-state index in [1.165, 1.54) is 36.8 Å².